The van der Waals surface area contributed by atoms with Crippen LogP contribution in [-0.4, -0.2) is 32.5 Å². The number of amides is 1. The molecule has 1 saturated carbocycles. The van der Waals surface area contributed by atoms with Gasteiger partial charge in [-0.05, 0) is 12.8 Å². The summed E-state index contributed by atoms with van der Waals surface area (Å²) in [6, 6.07) is 0. The lowest BCUT2D eigenvalue weighted by molar-refractivity contribution is -0.138. The van der Waals surface area contributed by atoms with Crippen LogP contribution in [0, 0.1) is 0 Å². The van der Waals surface area contributed by atoms with E-state index in [-0.39, 0.29) is 17.9 Å². The molecule has 1 fully saturated rings. The first kappa shape index (κ1) is 13.3. The third-order valence-corrected chi connectivity index (χ3v) is 3.37. The Kier molecular flexibility index (Phi) is 3.64. The second-order valence-electron chi connectivity index (χ2n) is 4.80. The van der Waals surface area contributed by atoms with Gasteiger partial charge in [-0.1, -0.05) is 12.8 Å². The number of nitrogens with one attached hydrogen (secondary N) is 1. The minimum Gasteiger partial charge on any atom is -0.481 e. The molecule has 1 aliphatic carbocycles. The number of nitrogen functional groups attached to an aromatic ring is 1. The summed E-state index contributed by atoms with van der Waals surface area (Å²) in [4.78, 5) is 30.7. The zero-order chi connectivity index (χ0) is 13.9. The zero-order valence-electron chi connectivity index (χ0n) is 10.4. The van der Waals surface area contributed by atoms with Gasteiger partial charge in [0.05, 0.1) is 12.0 Å². The van der Waals surface area contributed by atoms with Crippen LogP contribution >= 0.6 is 0 Å². The highest BCUT2D eigenvalue weighted by Crippen LogP contribution is 2.33. The summed E-state index contributed by atoms with van der Waals surface area (Å²) >= 11 is 0. The smallest absolute Gasteiger partial charge is 0.305 e. The highest BCUT2D eigenvalue weighted by Gasteiger charge is 2.38. The van der Waals surface area contributed by atoms with E-state index < -0.39 is 17.4 Å². The Morgan fingerprint density at radius 1 is 1.32 bits per heavy atom. The SMILES string of the molecule is Nc1nccnc1C(=O)NC1(CC(=O)O)CCCC1. The molecule has 7 nitrogen and oxygen atoms in total. The van der Waals surface area contributed by atoms with Crippen molar-refractivity contribution < 1.29 is 14.7 Å². The molecule has 2 rings (SSSR count). The minimum atomic E-state index is -0.922. The average Bonchev–Trinajstić information content (AvgIpc) is 2.76. The molecule has 0 atom stereocenters. The van der Waals surface area contributed by atoms with Gasteiger partial charge >= 0.3 is 5.97 Å². The van der Waals surface area contributed by atoms with Crippen molar-refractivity contribution in [3.63, 3.8) is 0 Å². The number of carboxylic acid groups (broad SMARTS) is 1. The van der Waals surface area contributed by atoms with Crippen molar-refractivity contribution in [2.45, 2.75) is 37.6 Å². The molecule has 0 aromatic carbocycles. The largest absolute Gasteiger partial charge is 0.481 e. The molecular formula is C12H16N4O3. The number of aromatic nitrogens is 2. The number of hydrogen-bond acceptors (Lipinski definition) is 5. The van der Waals surface area contributed by atoms with Gasteiger partial charge in [0.15, 0.2) is 11.5 Å². The van der Waals surface area contributed by atoms with Crippen LogP contribution in [-0.2, 0) is 4.79 Å². The van der Waals surface area contributed by atoms with Crippen molar-refractivity contribution in [1.29, 1.82) is 0 Å². The molecule has 1 amide bonds. The van der Waals surface area contributed by atoms with Gasteiger partial charge < -0.3 is 16.2 Å². The predicted octanol–water partition coefficient (Wildman–Crippen LogP) is 0.576. The third kappa shape index (κ3) is 2.98. The maximum atomic E-state index is 12.1. The maximum absolute atomic E-state index is 12.1. The van der Waals surface area contributed by atoms with E-state index in [4.69, 9.17) is 10.8 Å². The van der Waals surface area contributed by atoms with Crippen LogP contribution in [0.1, 0.15) is 42.6 Å². The molecule has 1 aromatic rings. The fourth-order valence-electron chi connectivity index (χ4n) is 2.51. The second kappa shape index (κ2) is 5.21. The lowest BCUT2D eigenvalue weighted by Gasteiger charge is -2.28. The van der Waals surface area contributed by atoms with E-state index in [1.54, 1.807) is 0 Å². The molecule has 7 heteroatoms. The van der Waals surface area contributed by atoms with E-state index in [1.165, 1.54) is 12.4 Å². The number of anilines is 1. The van der Waals surface area contributed by atoms with Crippen molar-refractivity contribution in [3.05, 3.63) is 18.1 Å². The molecule has 0 aliphatic heterocycles. The second-order valence-corrected chi connectivity index (χ2v) is 4.80. The molecule has 4 N–H and O–H groups in total. The highest BCUT2D eigenvalue weighted by molar-refractivity contribution is 5.96. The summed E-state index contributed by atoms with van der Waals surface area (Å²) in [5, 5.41) is 11.8. The minimum absolute atomic E-state index is 0.0409. The van der Waals surface area contributed by atoms with Gasteiger partial charge in [-0.25, -0.2) is 9.97 Å². The maximum Gasteiger partial charge on any atom is 0.305 e. The van der Waals surface area contributed by atoms with Crippen molar-refractivity contribution in [3.8, 4) is 0 Å². The van der Waals surface area contributed by atoms with Crippen molar-refractivity contribution in [1.82, 2.24) is 15.3 Å². The summed E-state index contributed by atoms with van der Waals surface area (Å²) in [6.07, 6.45) is 5.82. The van der Waals surface area contributed by atoms with E-state index in [0.29, 0.717) is 12.8 Å². The van der Waals surface area contributed by atoms with E-state index in [0.717, 1.165) is 12.8 Å². The molecule has 1 aliphatic rings. The van der Waals surface area contributed by atoms with Crippen LogP contribution < -0.4 is 11.1 Å². The van der Waals surface area contributed by atoms with Gasteiger partial charge in [0.2, 0.25) is 0 Å². The molecule has 0 spiro atoms. The van der Waals surface area contributed by atoms with Gasteiger partial charge in [0.1, 0.15) is 0 Å². The Balaban J connectivity index is 2.16. The fourth-order valence-corrected chi connectivity index (χ4v) is 2.51. The van der Waals surface area contributed by atoms with Crippen LogP contribution in [0.25, 0.3) is 0 Å². The quantitative estimate of drug-likeness (QED) is 0.731. The Morgan fingerprint density at radius 3 is 2.53 bits per heavy atom. The standard InChI is InChI=1S/C12H16N4O3/c13-10-9(14-5-6-15-10)11(19)16-12(7-8(17)18)3-1-2-4-12/h5-6H,1-4,7H2,(H2,13,15)(H,16,19)(H,17,18). The van der Waals surface area contributed by atoms with Gasteiger partial charge in [0.25, 0.3) is 5.91 Å². The number of carbonyl (C=O) groups excluding carboxylic acids is 1. The van der Waals surface area contributed by atoms with E-state index in [1.807, 2.05) is 0 Å². The first-order valence-electron chi connectivity index (χ1n) is 6.13. The molecule has 0 saturated heterocycles. The van der Waals surface area contributed by atoms with Crippen LogP contribution in [0.5, 0.6) is 0 Å². The lowest BCUT2D eigenvalue weighted by atomic mass is 9.93. The van der Waals surface area contributed by atoms with Gasteiger partial charge in [-0.15, -0.1) is 0 Å². The molecule has 1 aromatic heterocycles. The Morgan fingerprint density at radius 2 is 1.95 bits per heavy atom. The van der Waals surface area contributed by atoms with Crippen molar-refractivity contribution in [2.24, 2.45) is 0 Å². The normalized spacial score (nSPS) is 17.1. The fraction of sp³-hybridized carbons (Fsp3) is 0.500. The average molecular weight is 264 g/mol. The number of aliphatic carboxylic acids is 1. The molecule has 0 unspecified atom stereocenters. The Bertz CT molecular complexity index is 498. The zero-order valence-corrected chi connectivity index (χ0v) is 10.4. The van der Waals surface area contributed by atoms with Crippen LogP contribution in [0.3, 0.4) is 0 Å². The number of carbonyl (C=O) groups is 2. The van der Waals surface area contributed by atoms with Crippen LogP contribution in [0.15, 0.2) is 12.4 Å². The van der Waals surface area contributed by atoms with E-state index in [9.17, 15) is 9.59 Å². The topological polar surface area (TPSA) is 118 Å². The number of nitrogens with two attached hydrogens (primary N) is 1. The Hall–Kier alpha value is -2.18. The molecule has 19 heavy (non-hydrogen) atoms. The molecule has 102 valence electrons. The van der Waals surface area contributed by atoms with E-state index in [2.05, 4.69) is 15.3 Å². The first-order chi connectivity index (χ1) is 9.02. The molecule has 1 heterocycles. The van der Waals surface area contributed by atoms with Gasteiger partial charge in [-0.2, -0.15) is 0 Å². The number of carboxylic acids is 1. The summed E-state index contributed by atoms with van der Waals surface area (Å²) in [6.45, 7) is 0. The van der Waals surface area contributed by atoms with Crippen LogP contribution in [0.2, 0.25) is 0 Å². The number of nitrogens with zero attached hydrogens (tertiary/aromatic N) is 2. The first-order valence-corrected chi connectivity index (χ1v) is 6.13. The summed E-state index contributed by atoms with van der Waals surface area (Å²) < 4.78 is 0. The van der Waals surface area contributed by atoms with Crippen molar-refractivity contribution >= 4 is 17.7 Å². The summed E-state index contributed by atoms with van der Waals surface area (Å²) in [5.41, 5.74) is 4.94. The Labute approximate surface area is 110 Å². The van der Waals surface area contributed by atoms with Gasteiger partial charge in [-0.3, -0.25) is 9.59 Å². The number of rotatable bonds is 4. The number of hydrogen-bond donors (Lipinski definition) is 3. The molecule has 0 radical (unpaired) electrons. The monoisotopic (exact) mass is 264 g/mol. The summed E-state index contributed by atoms with van der Waals surface area (Å²) in [5.74, 6) is -1.34. The molecular weight excluding hydrogens is 248 g/mol. The lowest BCUT2D eigenvalue weighted by Crippen LogP contribution is -2.48. The highest BCUT2D eigenvalue weighted by atomic mass is 16.4. The predicted molar refractivity (Wildman–Crippen MR) is 67.4 cm³/mol. The van der Waals surface area contributed by atoms with Crippen LogP contribution in [0.4, 0.5) is 5.82 Å². The molecule has 0 bridgehead atoms. The van der Waals surface area contributed by atoms with Gasteiger partial charge in [0, 0.05) is 12.4 Å². The van der Waals surface area contributed by atoms with E-state index >= 15 is 0 Å². The summed E-state index contributed by atoms with van der Waals surface area (Å²) in [7, 11) is 0. The van der Waals surface area contributed by atoms with Crippen molar-refractivity contribution in [2.75, 3.05) is 5.73 Å². The third-order valence-electron chi connectivity index (χ3n) is 3.37.